The summed E-state index contributed by atoms with van der Waals surface area (Å²) in [6, 6.07) is 2.91. The van der Waals surface area contributed by atoms with Gasteiger partial charge in [0.25, 0.3) is 5.91 Å². The number of nitrogens with one attached hydrogen (secondary N) is 1. The highest BCUT2D eigenvalue weighted by atomic mass is 16.4. The minimum Gasteiger partial charge on any atom is -0.394 e. The third-order valence-electron chi connectivity index (χ3n) is 2.62. The van der Waals surface area contributed by atoms with Gasteiger partial charge in [0.05, 0.1) is 12.8 Å². The summed E-state index contributed by atoms with van der Waals surface area (Å²) in [6.07, 6.45) is -3.14. The monoisotopic (exact) mass is 299 g/mol. The predicted octanol–water partition coefficient (Wildman–Crippen LogP) is -2.77. The lowest BCUT2D eigenvalue weighted by molar-refractivity contribution is -0.0999. The van der Waals surface area contributed by atoms with Crippen molar-refractivity contribution in [2.75, 3.05) is 6.61 Å². The van der Waals surface area contributed by atoms with Crippen molar-refractivity contribution in [3.8, 4) is 0 Å². The zero-order valence-electron chi connectivity index (χ0n) is 10.9. The van der Waals surface area contributed by atoms with Crippen LogP contribution >= 0.6 is 0 Å². The van der Waals surface area contributed by atoms with Crippen molar-refractivity contribution in [1.29, 1.82) is 0 Å². The molecular formula is C12H17N3O6. The van der Waals surface area contributed by atoms with E-state index in [0.717, 1.165) is 6.21 Å². The molecular weight excluding hydrogens is 282 g/mol. The van der Waals surface area contributed by atoms with Gasteiger partial charge in [-0.1, -0.05) is 0 Å². The van der Waals surface area contributed by atoms with Crippen molar-refractivity contribution >= 4 is 12.1 Å². The van der Waals surface area contributed by atoms with Crippen LogP contribution in [0.4, 0.5) is 0 Å². The molecule has 1 rings (SSSR count). The van der Waals surface area contributed by atoms with E-state index in [0.29, 0.717) is 5.56 Å². The van der Waals surface area contributed by atoms with E-state index in [1.54, 1.807) is 0 Å². The lowest BCUT2D eigenvalue weighted by Gasteiger charge is -2.23. The van der Waals surface area contributed by atoms with Gasteiger partial charge in [-0.3, -0.25) is 9.78 Å². The van der Waals surface area contributed by atoms with Crippen molar-refractivity contribution in [3.63, 3.8) is 0 Å². The summed E-state index contributed by atoms with van der Waals surface area (Å²) in [5.41, 5.74) is 2.40. The molecule has 6 N–H and O–H groups in total. The van der Waals surface area contributed by atoms with Crippen molar-refractivity contribution in [2.24, 2.45) is 5.10 Å². The fourth-order valence-corrected chi connectivity index (χ4v) is 1.37. The molecule has 0 radical (unpaired) electrons. The largest absolute Gasteiger partial charge is 0.394 e. The van der Waals surface area contributed by atoms with Crippen LogP contribution in [-0.2, 0) is 0 Å². The average molecular weight is 299 g/mol. The molecule has 0 bridgehead atoms. The Bertz CT molecular complexity index is 469. The average Bonchev–Trinajstić information content (AvgIpc) is 2.53. The summed E-state index contributed by atoms with van der Waals surface area (Å²) in [7, 11) is 0. The minimum atomic E-state index is -1.77. The fraction of sp³-hybridized carbons (Fsp3) is 0.417. The Hall–Kier alpha value is -1.91. The number of aromatic nitrogens is 1. The molecule has 116 valence electrons. The normalized spacial score (nSPS) is 17.2. The number of rotatable bonds is 7. The molecule has 0 aliphatic heterocycles. The zero-order valence-corrected chi connectivity index (χ0v) is 10.9. The topological polar surface area (TPSA) is 156 Å². The number of nitrogens with zero attached hydrogens (tertiary/aromatic N) is 2. The van der Waals surface area contributed by atoms with Crippen LogP contribution in [0.2, 0.25) is 0 Å². The third-order valence-corrected chi connectivity index (χ3v) is 2.62. The Morgan fingerprint density at radius 2 is 1.86 bits per heavy atom. The maximum atomic E-state index is 11.6. The molecule has 0 spiro atoms. The van der Waals surface area contributed by atoms with Gasteiger partial charge in [0.2, 0.25) is 0 Å². The highest BCUT2D eigenvalue weighted by Crippen LogP contribution is 2.03. The molecule has 0 aliphatic rings. The van der Waals surface area contributed by atoms with Crippen LogP contribution < -0.4 is 5.43 Å². The van der Waals surface area contributed by atoms with Gasteiger partial charge >= 0.3 is 0 Å². The molecule has 9 heteroatoms. The molecule has 1 aromatic rings. The number of amides is 1. The van der Waals surface area contributed by atoms with Crippen molar-refractivity contribution in [2.45, 2.75) is 24.4 Å². The lowest BCUT2D eigenvalue weighted by atomic mass is 10.0. The van der Waals surface area contributed by atoms with Gasteiger partial charge in [0.15, 0.2) is 0 Å². The molecule has 9 nitrogen and oxygen atoms in total. The standard InChI is InChI=1S/C12H17N3O6/c16-6-9(18)11(20)10(19)8(17)5-14-15-12(21)7-1-3-13-4-2-7/h1-5,8-11,16-20H,6H2,(H,15,21)/t8-,9+,10+,11-/m0/s1. The van der Waals surface area contributed by atoms with E-state index in [4.69, 9.17) is 10.2 Å². The SMILES string of the molecule is O=C(NN=C[C@H](O)[C@@H](O)[C@@H](O)[C@H](O)CO)c1ccncc1. The zero-order chi connectivity index (χ0) is 15.8. The highest BCUT2D eigenvalue weighted by molar-refractivity contribution is 5.94. The van der Waals surface area contributed by atoms with E-state index < -0.39 is 36.9 Å². The van der Waals surface area contributed by atoms with Gasteiger partial charge < -0.3 is 25.5 Å². The number of carbonyl (C=O) groups excluding carboxylic acids is 1. The molecule has 21 heavy (non-hydrogen) atoms. The van der Waals surface area contributed by atoms with Gasteiger partial charge in [0.1, 0.15) is 24.4 Å². The molecule has 0 unspecified atom stereocenters. The number of hydrogen-bond donors (Lipinski definition) is 6. The number of aliphatic hydroxyl groups excluding tert-OH is 5. The van der Waals surface area contributed by atoms with E-state index in [1.807, 2.05) is 0 Å². The maximum absolute atomic E-state index is 11.6. The number of hydrogen-bond acceptors (Lipinski definition) is 8. The van der Waals surface area contributed by atoms with Crippen LogP contribution in [0.3, 0.4) is 0 Å². The van der Waals surface area contributed by atoms with Gasteiger partial charge in [-0.05, 0) is 12.1 Å². The second-order valence-electron chi connectivity index (χ2n) is 4.18. The molecule has 1 heterocycles. The first kappa shape index (κ1) is 17.1. The van der Waals surface area contributed by atoms with Crippen molar-refractivity contribution in [1.82, 2.24) is 10.4 Å². The first-order chi connectivity index (χ1) is 9.97. The summed E-state index contributed by atoms with van der Waals surface area (Å²) in [4.78, 5) is 15.3. The minimum absolute atomic E-state index is 0.299. The highest BCUT2D eigenvalue weighted by Gasteiger charge is 2.29. The Morgan fingerprint density at radius 3 is 2.43 bits per heavy atom. The van der Waals surface area contributed by atoms with Crippen LogP contribution in [0.25, 0.3) is 0 Å². The summed E-state index contributed by atoms with van der Waals surface area (Å²) in [6.45, 7) is -0.777. The maximum Gasteiger partial charge on any atom is 0.271 e. The third kappa shape index (κ3) is 5.17. The Labute approximate surface area is 120 Å². The van der Waals surface area contributed by atoms with Crippen molar-refractivity contribution in [3.05, 3.63) is 30.1 Å². The summed E-state index contributed by atoms with van der Waals surface area (Å²) in [5, 5.41) is 49.5. The second-order valence-corrected chi connectivity index (χ2v) is 4.18. The van der Waals surface area contributed by atoms with E-state index in [9.17, 15) is 20.1 Å². The van der Waals surface area contributed by atoms with Crippen LogP contribution in [0.1, 0.15) is 10.4 Å². The quantitative estimate of drug-likeness (QED) is 0.235. The molecule has 0 aromatic carbocycles. The summed E-state index contributed by atoms with van der Waals surface area (Å²) >= 11 is 0. The van der Waals surface area contributed by atoms with Crippen LogP contribution in [0.5, 0.6) is 0 Å². The van der Waals surface area contributed by atoms with E-state index in [1.165, 1.54) is 24.5 Å². The van der Waals surface area contributed by atoms with Gasteiger partial charge in [-0.25, -0.2) is 5.43 Å². The summed E-state index contributed by atoms with van der Waals surface area (Å²) < 4.78 is 0. The Kier molecular flexibility index (Phi) is 6.85. The van der Waals surface area contributed by atoms with Gasteiger partial charge in [-0.2, -0.15) is 5.10 Å². The molecule has 0 saturated carbocycles. The Balaban J connectivity index is 2.51. The van der Waals surface area contributed by atoms with Gasteiger partial charge in [0, 0.05) is 18.0 Å². The van der Waals surface area contributed by atoms with Crippen LogP contribution in [0, 0.1) is 0 Å². The van der Waals surface area contributed by atoms with Crippen LogP contribution in [0.15, 0.2) is 29.6 Å². The van der Waals surface area contributed by atoms with Gasteiger partial charge in [-0.15, -0.1) is 0 Å². The smallest absolute Gasteiger partial charge is 0.271 e. The number of carbonyl (C=O) groups is 1. The number of pyridine rings is 1. The lowest BCUT2D eigenvalue weighted by Crippen LogP contribution is -2.46. The van der Waals surface area contributed by atoms with E-state index in [-0.39, 0.29) is 0 Å². The number of hydrazone groups is 1. The Morgan fingerprint density at radius 1 is 1.24 bits per heavy atom. The number of aliphatic hydroxyl groups is 5. The van der Waals surface area contributed by atoms with E-state index in [2.05, 4.69) is 15.5 Å². The predicted molar refractivity (Wildman–Crippen MR) is 71.3 cm³/mol. The molecule has 0 fully saturated rings. The summed E-state index contributed by atoms with van der Waals surface area (Å²) in [5.74, 6) is -0.550. The fourth-order valence-electron chi connectivity index (χ4n) is 1.37. The van der Waals surface area contributed by atoms with Crippen molar-refractivity contribution < 1.29 is 30.3 Å². The molecule has 1 aromatic heterocycles. The second kappa shape index (κ2) is 8.39. The molecule has 0 aliphatic carbocycles. The first-order valence-electron chi connectivity index (χ1n) is 6.04. The van der Waals surface area contributed by atoms with Crippen LogP contribution in [-0.4, -0.2) is 73.7 Å². The molecule has 0 saturated heterocycles. The van der Waals surface area contributed by atoms with E-state index >= 15 is 0 Å². The molecule has 1 amide bonds. The molecule has 4 atom stereocenters. The first-order valence-corrected chi connectivity index (χ1v) is 6.04.